The molecule has 1 heterocycles. The predicted molar refractivity (Wildman–Crippen MR) is 78.6 cm³/mol. The van der Waals surface area contributed by atoms with E-state index in [9.17, 15) is 4.79 Å². The topological polar surface area (TPSA) is 47.2 Å². The summed E-state index contributed by atoms with van der Waals surface area (Å²) in [5.41, 5.74) is 2.72. The lowest BCUT2D eigenvalue weighted by Crippen LogP contribution is -2.24. The third-order valence-corrected chi connectivity index (χ3v) is 3.26. The van der Waals surface area contributed by atoms with Crippen LogP contribution in [0, 0.1) is 0 Å². The summed E-state index contributed by atoms with van der Waals surface area (Å²) in [6, 6.07) is 17.7. The van der Waals surface area contributed by atoms with Gasteiger partial charge < -0.3 is 9.73 Å². The Morgan fingerprint density at radius 1 is 1.00 bits per heavy atom. The van der Waals surface area contributed by atoms with Crippen LogP contribution in [0.25, 0.3) is 11.1 Å². The first-order valence-electron chi connectivity index (χ1n) is 6.67. The fourth-order valence-electron chi connectivity index (χ4n) is 2.25. The Morgan fingerprint density at radius 3 is 2.60 bits per heavy atom. The Morgan fingerprint density at radius 2 is 1.75 bits per heavy atom. The summed E-state index contributed by atoms with van der Waals surface area (Å²) in [7, 11) is 0. The third-order valence-electron chi connectivity index (χ3n) is 3.26. The van der Waals surface area contributed by atoms with Crippen LogP contribution >= 0.6 is 0 Å². The molecule has 0 aliphatic rings. The SMILES string of the molecule is O=c1oc2ccccc2n1CCNCc1ccccc1. The van der Waals surface area contributed by atoms with Crippen molar-refractivity contribution in [3.63, 3.8) is 0 Å². The maximum Gasteiger partial charge on any atom is 0.419 e. The van der Waals surface area contributed by atoms with Crippen molar-refractivity contribution >= 4 is 11.1 Å². The Kier molecular flexibility index (Phi) is 3.65. The summed E-state index contributed by atoms with van der Waals surface area (Å²) in [6.45, 7) is 2.12. The Hall–Kier alpha value is -2.33. The molecule has 1 N–H and O–H groups in total. The maximum atomic E-state index is 11.8. The minimum absolute atomic E-state index is 0.298. The molecule has 0 fully saturated rings. The number of nitrogens with zero attached hydrogens (tertiary/aromatic N) is 1. The monoisotopic (exact) mass is 268 g/mol. The molecule has 0 unspecified atom stereocenters. The van der Waals surface area contributed by atoms with Gasteiger partial charge in [-0.2, -0.15) is 0 Å². The third kappa shape index (κ3) is 2.65. The number of rotatable bonds is 5. The average Bonchev–Trinajstić information content (AvgIpc) is 2.80. The molecular formula is C16H16N2O2. The van der Waals surface area contributed by atoms with E-state index in [4.69, 9.17) is 4.42 Å². The van der Waals surface area contributed by atoms with Crippen molar-refractivity contribution in [2.24, 2.45) is 0 Å². The minimum Gasteiger partial charge on any atom is -0.408 e. The van der Waals surface area contributed by atoms with Crippen LogP contribution in [0.1, 0.15) is 5.56 Å². The van der Waals surface area contributed by atoms with Crippen LogP contribution in [0.3, 0.4) is 0 Å². The lowest BCUT2D eigenvalue weighted by molar-refractivity contribution is 0.494. The van der Waals surface area contributed by atoms with Crippen molar-refractivity contribution in [1.82, 2.24) is 9.88 Å². The van der Waals surface area contributed by atoms with Gasteiger partial charge in [-0.1, -0.05) is 42.5 Å². The van der Waals surface area contributed by atoms with Crippen molar-refractivity contribution in [3.05, 3.63) is 70.7 Å². The molecule has 0 atom stereocenters. The van der Waals surface area contributed by atoms with Crippen LogP contribution in [-0.2, 0) is 13.1 Å². The molecule has 3 aromatic rings. The van der Waals surface area contributed by atoms with Crippen molar-refractivity contribution < 1.29 is 4.42 Å². The van der Waals surface area contributed by atoms with Crippen LogP contribution in [0.5, 0.6) is 0 Å². The van der Waals surface area contributed by atoms with E-state index in [-0.39, 0.29) is 5.76 Å². The number of oxazole rings is 1. The largest absolute Gasteiger partial charge is 0.419 e. The van der Waals surface area contributed by atoms with E-state index in [0.29, 0.717) is 12.1 Å². The van der Waals surface area contributed by atoms with Gasteiger partial charge in [0.05, 0.1) is 5.52 Å². The normalized spacial score (nSPS) is 11.0. The molecule has 102 valence electrons. The number of fused-ring (bicyclic) bond motifs is 1. The number of hydrogen-bond donors (Lipinski definition) is 1. The second-order valence-electron chi connectivity index (χ2n) is 4.65. The van der Waals surface area contributed by atoms with Gasteiger partial charge in [-0.15, -0.1) is 0 Å². The van der Waals surface area contributed by atoms with Crippen LogP contribution in [-0.4, -0.2) is 11.1 Å². The highest BCUT2D eigenvalue weighted by atomic mass is 16.4. The van der Waals surface area contributed by atoms with Gasteiger partial charge in [0.25, 0.3) is 0 Å². The highest BCUT2D eigenvalue weighted by molar-refractivity contribution is 5.72. The van der Waals surface area contributed by atoms with Crippen LogP contribution in [0.2, 0.25) is 0 Å². The molecule has 0 saturated heterocycles. The van der Waals surface area contributed by atoms with E-state index in [1.54, 1.807) is 4.57 Å². The van der Waals surface area contributed by atoms with Crippen LogP contribution in [0.15, 0.2) is 63.8 Å². The smallest absolute Gasteiger partial charge is 0.408 e. The molecule has 0 aliphatic carbocycles. The molecule has 4 nitrogen and oxygen atoms in total. The first kappa shape index (κ1) is 12.7. The fraction of sp³-hybridized carbons (Fsp3) is 0.188. The summed E-state index contributed by atoms with van der Waals surface area (Å²) >= 11 is 0. The van der Waals surface area contributed by atoms with Gasteiger partial charge in [0.1, 0.15) is 0 Å². The number of nitrogens with one attached hydrogen (secondary N) is 1. The Labute approximate surface area is 116 Å². The first-order valence-corrected chi connectivity index (χ1v) is 6.67. The van der Waals surface area contributed by atoms with Crippen LogP contribution < -0.4 is 11.1 Å². The molecule has 0 bridgehead atoms. The lowest BCUT2D eigenvalue weighted by atomic mass is 10.2. The summed E-state index contributed by atoms with van der Waals surface area (Å²) in [6.07, 6.45) is 0. The zero-order valence-electron chi connectivity index (χ0n) is 11.1. The highest BCUT2D eigenvalue weighted by Gasteiger charge is 2.07. The molecule has 0 aliphatic heterocycles. The van der Waals surface area contributed by atoms with Crippen molar-refractivity contribution in [1.29, 1.82) is 0 Å². The van der Waals surface area contributed by atoms with E-state index in [1.807, 2.05) is 42.5 Å². The van der Waals surface area contributed by atoms with E-state index < -0.39 is 0 Å². The fourth-order valence-corrected chi connectivity index (χ4v) is 2.25. The molecule has 20 heavy (non-hydrogen) atoms. The van der Waals surface area contributed by atoms with Crippen LogP contribution in [0.4, 0.5) is 0 Å². The summed E-state index contributed by atoms with van der Waals surface area (Å²) in [5.74, 6) is -0.298. The van der Waals surface area contributed by atoms with E-state index >= 15 is 0 Å². The van der Waals surface area contributed by atoms with Crippen molar-refractivity contribution in [2.75, 3.05) is 6.54 Å². The summed E-state index contributed by atoms with van der Waals surface area (Å²) in [5, 5.41) is 3.33. The van der Waals surface area contributed by atoms with Gasteiger partial charge in [-0.3, -0.25) is 4.57 Å². The quantitative estimate of drug-likeness (QED) is 0.723. The number of aromatic nitrogens is 1. The predicted octanol–water partition coefficient (Wildman–Crippen LogP) is 2.38. The van der Waals surface area contributed by atoms with Gasteiger partial charge in [0, 0.05) is 19.6 Å². The number of hydrogen-bond acceptors (Lipinski definition) is 3. The average molecular weight is 268 g/mol. The zero-order valence-corrected chi connectivity index (χ0v) is 11.1. The van der Waals surface area contributed by atoms with Gasteiger partial charge >= 0.3 is 5.76 Å². The van der Waals surface area contributed by atoms with Gasteiger partial charge in [-0.25, -0.2) is 4.79 Å². The van der Waals surface area contributed by atoms with Gasteiger partial charge in [0.15, 0.2) is 5.58 Å². The first-order chi connectivity index (χ1) is 9.84. The maximum absolute atomic E-state index is 11.8. The van der Waals surface area contributed by atoms with E-state index in [0.717, 1.165) is 18.6 Å². The molecule has 0 saturated carbocycles. The Balaban J connectivity index is 1.63. The Bertz CT molecular complexity index is 744. The summed E-state index contributed by atoms with van der Waals surface area (Å²) in [4.78, 5) is 11.8. The van der Waals surface area contributed by atoms with Crippen molar-refractivity contribution in [2.45, 2.75) is 13.1 Å². The van der Waals surface area contributed by atoms with Gasteiger partial charge in [-0.05, 0) is 17.7 Å². The summed E-state index contributed by atoms with van der Waals surface area (Å²) < 4.78 is 6.85. The zero-order chi connectivity index (χ0) is 13.8. The molecular weight excluding hydrogens is 252 g/mol. The minimum atomic E-state index is -0.298. The molecule has 0 spiro atoms. The van der Waals surface area contributed by atoms with E-state index in [1.165, 1.54) is 5.56 Å². The molecule has 2 aromatic carbocycles. The second-order valence-corrected chi connectivity index (χ2v) is 4.65. The van der Waals surface area contributed by atoms with E-state index in [2.05, 4.69) is 17.4 Å². The molecule has 4 heteroatoms. The lowest BCUT2D eigenvalue weighted by Gasteiger charge is -2.05. The highest BCUT2D eigenvalue weighted by Crippen LogP contribution is 2.11. The molecule has 0 amide bonds. The standard InChI is InChI=1S/C16H16N2O2/c19-16-18(14-8-4-5-9-15(14)20-16)11-10-17-12-13-6-2-1-3-7-13/h1-9,17H,10-12H2. The van der Waals surface area contributed by atoms with Gasteiger partial charge in [0.2, 0.25) is 0 Å². The molecule has 3 rings (SSSR count). The second kappa shape index (κ2) is 5.75. The number of benzene rings is 2. The molecule has 0 radical (unpaired) electrons. The number of para-hydroxylation sites is 2. The van der Waals surface area contributed by atoms with Crippen molar-refractivity contribution in [3.8, 4) is 0 Å². The molecule has 1 aromatic heterocycles.